The molecule has 2 N–H and O–H groups in total. The number of urea groups is 2. The smallest absolute Gasteiger partial charge is 0.321 e. The van der Waals surface area contributed by atoms with Crippen LogP contribution in [0.4, 0.5) is 15.3 Å². The summed E-state index contributed by atoms with van der Waals surface area (Å²) >= 11 is 8.63. The maximum Gasteiger partial charge on any atom is 0.321 e. The van der Waals surface area contributed by atoms with Crippen LogP contribution in [0, 0.1) is 6.92 Å². The molecule has 0 atom stereocenters. The Balaban J connectivity index is 0.000000160. The van der Waals surface area contributed by atoms with Crippen molar-refractivity contribution in [1.29, 1.82) is 0 Å². The minimum atomic E-state index is -0.125. The van der Waals surface area contributed by atoms with E-state index in [4.69, 9.17) is 14.4 Å². The van der Waals surface area contributed by atoms with Gasteiger partial charge in [0.1, 0.15) is 23.5 Å². The van der Waals surface area contributed by atoms with Gasteiger partial charge in [0.25, 0.3) is 5.91 Å². The molecule has 0 saturated carbocycles. The molecule has 0 unspecified atom stereocenters. The van der Waals surface area contributed by atoms with Crippen LogP contribution < -0.4 is 10.6 Å². The summed E-state index contributed by atoms with van der Waals surface area (Å²) in [7, 11) is 16.7. The molecule has 26 heteroatoms. The standard InChI is InChI=1S/C15H21N3OS.C14H16N4S.C14H19N3OS.C14H18N2OS.C14H20N2S.C12H16N2.C11H13NO/c1-15(2,3)13-17-11-7-6-10(8-12(11)20-13)9-16-14(19)18(4)5;1-9-15-8-18(17-9)10-5-6-11-12(7-10)19-13(16-11)14(2,3)4;1-14(2,3)12-16-10-7-6-9(8-11(10)19-12)15-13(18)17(4)5;1-14(2,3)13-15-10-7-6-9(8-11(10)18-13)12(17)16(4)5;1-14(2,3)13-15-11-7-6-10(9-16(4)5)8-12(11)17-13;1-12(2,3)11-13-9-7-5-6-8-10(9)14(11)4;1-11(2,3)10-12-8-6-4-5-7-9(8)13-10/h6-8H,9H2,1-5H3,(H,16,19);5-8H,1-4H3;6-8H,1-5H3,(H,15,18);6-8H,1-5H3;6-8H,9H2,1-5H3;5-8H,1-4H3;4-7H,1-3H3. The Kier molecular flexibility index (Phi) is 29.7. The van der Waals surface area contributed by atoms with E-state index < -0.39 is 0 Å². The lowest BCUT2D eigenvalue weighted by molar-refractivity contribution is 0.0827. The Bertz CT molecular complexity index is 5980. The first-order valence-corrected chi connectivity index (χ1v) is 44.3. The number of aromatic nitrogens is 11. The molecule has 638 valence electrons. The third-order valence-corrected chi connectivity index (χ3v) is 25.4. The Morgan fingerprint density at radius 1 is 0.417 bits per heavy atom. The summed E-state index contributed by atoms with van der Waals surface area (Å²) in [6.45, 7) is 48.9. The van der Waals surface area contributed by atoms with Crippen LogP contribution in [0.15, 0.2) is 150 Å². The molecule has 0 spiro atoms. The summed E-state index contributed by atoms with van der Waals surface area (Å²) in [6, 6.07) is 46.3. The molecule has 8 heterocycles. The fraction of sp³-hybridized carbons (Fsp3) is 0.426. The first-order valence-electron chi connectivity index (χ1n) is 40.2. The third kappa shape index (κ3) is 25.3. The number of anilines is 1. The lowest BCUT2D eigenvalue weighted by atomic mass is 9.96. The van der Waals surface area contributed by atoms with Crippen LogP contribution in [-0.2, 0) is 58.0 Å². The molecular weight excluding hydrogens is 1590 g/mol. The molecule has 0 saturated heterocycles. The van der Waals surface area contributed by atoms with Gasteiger partial charge in [0.05, 0.1) is 92.8 Å². The highest BCUT2D eigenvalue weighted by Gasteiger charge is 2.26. The first kappa shape index (κ1) is 93.9. The number of rotatable bonds is 7. The molecule has 0 aliphatic heterocycles. The number of oxazole rings is 1. The Labute approximate surface area is 729 Å². The van der Waals surface area contributed by atoms with Gasteiger partial charge in [-0.15, -0.1) is 56.7 Å². The molecule has 0 fully saturated rings. The predicted octanol–water partition coefficient (Wildman–Crippen LogP) is 23.5. The number of nitrogens with one attached hydrogen (secondary N) is 2. The van der Waals surface area contributed by atoms with E-state index in [0.29, 0.717) is 6.54 Å². The number of carbonyl (C=O) groups excluding carboxylic acids is 3. The van der Waals surface area contributed by atoms with Crippen LogP contribution in [0.25, 0.3) is 78.9 Å². The number of amides is 5. The van der Waals surface area contributed by atoms with E-state index in [0.717, 1.165) is 120 Å². The molecule has 7 aromatic carbocycles. The van der Waals surface area contributed by atoms with E-state index in [1.807, 2.05) is 109 Å². The molecule has 5 amide bonds. The molecule has 15 aromatic rings. The van der Waals surface area contributed by atoms with Crippen LogP contribution in [0.1, 0.15) is 209 Å². The number of nitrogens with zero attached hydrogens (tertiary/aromatic N) is 15. The second-order valence-electron chi connectivity index (χ2n) is 38.0. The lowest BCUT2D eigenvalue weighted by Crippen LogP contribution is -2.33. The average Bonchev–Trinajstić information content (AvgIpc) is 1.66. The highest BCUT2D eigenvalue weighted by Crippen LogP contribution is 2.38. The largest absolute Gasteiger partial charge is 0.440 e. The van der Waals surface area contributed by atoms with Crippen molar-refractivity contribution in [2.24, 2.45) is 7.05 Å². The van der Waals surface area contributed by atoms with Gasteiger partial charge in [-0.2, -0.15) is 5.10 Å². The van der Waals surface area contributed by atoms with Crippen LogP contribution >= 0.6 is 56.7 Å². The summed E-state index contributed by atoms with van der Waals surface area (Å²) in [6.07, 6.45) is 1.74. The van der Waals surface area contributed by atoms with Crippen molar-refractivity contribution < 1.29 is 18.8 Å². The molecule has 21 nitrogen and oxygen atoms in total. The van der Waals surface area contributed by atoms with Crippen molar-refractivity contribution in [3.63, 3.8) is 0 Å². The molecule has 0 radical (unpaired) electrons. The number of hydrogen-bond donors (Lipinski definition) is 2. The van der Waals surface area contributed by atoms with Gasteiger partial charge in [0.15, 0.2) is 5.58 Å². The first-order chi connectivity index (χ1) is 55.7. The summed E-state index contributed by atoms with van der Waals surface area (Å²) in [5, 5.41) is 15.8. The molecule has 8 aromatic heterocycles. The van der Waals surface area contributed by atoms with Gasteiger partial charge in [-0.05, 0) is 135 Å². The van der Waals surface area contributed by atoms with Crippen molar-refractivity contribution in [2.75, 3.05) is 61.7 Å². The van der Waals surface area contributed by atoms with Gasteiger partial charge in [-0.25, -0.2) is 54.1 Å². The predicted molar refractivity (Wildman–Crippen MR) is 507 cm³/mol. The minimum Gasteiger partial charge on any atom is -0.440 e. The van der Waals surface area contributed by atoms with Gasteiger partial charge in [0.2, 0.25) is 5.89 Å². The Morgan fingerprint density at radius 2 is 0.842 bits per heavy atom. The van der Waals surface area contributed by atoms with Gasteiger partial charge >= 0.3 is 12.1 Å². The zero-order valence-electron chi connectivity index (χ0n) is 76.2. The average molecular weight is 1720 g/mol. The fourth-order valence-electron chi connectivity index (χ4n) is 11.5. The second kappa shape index (κ2) is 38.0. The highest BCUT2D eigenvalue weighted by molar-refractivity contribution is 7.20. The minimum absolute atomic E-state index is 0.0149. The van der Waals surface area contributed by atoms with Gasteiger partial charge in [-0.1, -0.05) is 182 Å². The molecule has 15 rings (SSSR count). The normalized spacial score (nSPS) is 12.0. The van der Waals surface area contributed by atoms with E-state index in [1.165, 1.54) is 40.0 Å². The molecule has 120 heavy (non-hydrogen) atoms. The van der Waals surface area contributed by atoms with E-state index in [-0.39, 0.29) is 55.9 Å². The number of benzene rings is 7. The second-order valence-corrected chi connectivity index (χ2v) is 43.1. The molecular formula is C94H123N17O4S5. The molecule has 0 aliphatic rings. The van der Waals surface area contributed by atoms with Crippen molar-refractivity contribution in [2.45, 2.75) is 203 Å². The fourth-order valence-corrected chi connectivity index (χ4v) is 16.9. The van der Waals surface area contributed by atoms with Gasteiger partial charge in [-0.3, -0.25) is 4.79 Å². The van der Waals surface area contributed by atoms with Crippen LogP contribution in [0.3, 0.4) is 0 Å². The van der Waals surface area contributed by atoms with Crippen LogP contribution in [0.5, 0.6) is 0 Å². The monoisotopic (exact) mass is 1710 g/mol. The van der Waals surface area contributed by atoms with Crippen molar-refractivity contribution in [1.82, 2.24) is 79.1 Å². The zero-order valence-corrected chi connectivity index (χ0v) is 80.2. The van der Waals surface area contributed by atoms with Crippen LogP contribution in [0.2, 0.25) is 0 Å². The lowest BCUT2D eigenvalue weighted by Gasteiger charge is -2.17. The zero-order chi connectivity index (χ0) is 88.7. The van der Waals surface area contributed by atoms with Crippen LogP contribution in [-0.4, -0.2) is 148 Å². The quantitative estimate of drug-likeness (QED) is 0.151. The van der Waals surface area contributed by atoms with Crippen molar-refractivity contribution in [3.05, 3.63) is 205 Å². The number of thiazole rings is 5. The Hall–Kier alpha value is -9.96. The summed E-state index contributed by atoms with van der Waals surface area (Å²) in [5.74, 6) is 2.75. The Morgan fingerprint density at radius 3 is 1.27 bits per heavy atom. The molecule has 0 aliphatic carbocycles. The SMILES string of the molecule is CC(C)(C)c1nc2ccccc2o1.CN(C)C(=O)NCc1ccc2nc(C(C)(C)C)sc2c1.CN(C)C(=O)Nc1ccc2nc(C(C)(C)C)sc2c1.CN(C)C(=O)c1ccc2nc(C(C)(C)C)sc2c1.CN(C)Cc1ccc2nc(C(C)(C)C)sc2c1.Cc1ncn(-c2ccc3nc(C(C)(C)C)sc3c2)n1.Cn1c(C(C)(C)C)nc2ccccc21. The maximum atomic E-state index is 11.9. The van der Waals surface area contributed by atoms with Crippen molar-refractivity contribution >= 4 is 154 Å². The third-order valence-electron chi connectivity index (χ3n) is 18.2. The maximum absolute atomic E-state index is 11.9. The number of imidazole rings is 1. The topological polar surface area (TPSA) is 227 Å². The highest BCUT2D eigenvalue weighted by atomic mass is 32.1. The number of fused-ring (bicyclic) bond motifs is 7. The number of aryl methyl sites for hydroxylation is 2. The van der Waals surface area contributed by atoms with E-state index in [9.17, 15) is 14.4 Å². The van der Waals surface area contributed by atoms with E-state index in [2.05, 4.69) is 270 Å². The van der Waals surface area contributed by atoms with E-state index >= 15 is 0 Å². The number of para-hydroxylation sites is 4. The number of hydrogen-bond acceptors (Lipinski definition) is 19. The van der Waals surface area contributed by atoms with Gasteiger partial charge in [0, 0.05) is 112 Å². The number of carbonyl (C=O) groups is 3. The molecule has 0 bridgehead atoms. The summed E-state index contributed by atoms with van der Waals surface area (Å²) < 4.78 is 15.4. The van der Waals surface area contributed by atoms with Gasteiger partial charge < -0.3 is 39.2 Å². The summed E-state index contributed by atoms with van der Waals surface area (Å²) in [4.78, 5) is 78.4. The summed E-state index contributed by atoms with van der Waals surface area (Å²) in [5.41, 5.74) is 14.8. The van der Waals surface area contributed by atoms with E-state index in [1.54, 1.807) is 104 Å². The van der Waals surface area contributed by atoms with Crippen molar-refractivity contribution in [3.8, 4) is 5.69 Å².